The van der Waals surface area contributed by atoms with E-state index in [0.717, 1.165) is 5.56 Å². The number of aromatic nitrogens is 1. The number of nitrogens with zero attached hydrogens (tertiary/aromatic N) is 1. The van der Waals surface area contributed by atoms with E-state index in [1.54, 1.807) is 42.5 Å². The minimum atomic E-state index is -0.394. The molecule has 8 heteroatoms. The summed E-state index contributed by atoms with van der Waals surface area (Å²) in [7, 11) is 0. The maximum atomic E-state index is 12.6. The number of carbonyl (C=O) groups is 3. The van der Waals surface area contributed by atoms with Crippen LogP contribution >= 0.6 is 0 Å². The molecule has 3 aromatic carbocycles. The molecule has 0 saturated heterocycles. The van der Waals surface area contributed by atoms with Crippen LogP contribution in [-0.4, -0.2) is 29.4 Å². The first-order valence-corrected chi connectivity index (χ1v) is 9.90. The number of rotatable bonds is 6. The molecule has 4 aromatic rings. The number of anilines is 2. The molecule has 0 saturated carbocycles. The summed E-state index contributed by atoms with van der Waals surface area (Å²) in [6.45, 7) is 1.19. The first-order chi connectivity index (χ1) is 15.5. The van der Waals surface area contributed by atoms with E-state index < -0.39 is 11.8 Å². The standard InChI is InChI=1S/C24H20N4O4/c1-15(29)26-18-8-5-9-19(13-18)27-22(30)14-25-24(31)17-10-11-21-20(12-17)23(32-28-21)16-6-3-2-4-7-16/h2-13H,14H2,1H3,(H,25,31)(H,26,29)(H,27,30). The summed E-state index contributed by atoms with van der Waals surface area (Å²) in [4.78, 5) is 36.0. The number of fused-ring (bicyclic) bond motifs is 1. The third-order valence-electron chi connectivity index (χ3n) is 4.65. The van der Waals surface area contributed by atoms with Gasteiger partial charge in [-0.3, -0.25) is 14.4 Å². The third kappa shape index (κ3) is 4.81. The SMILES string of the molecule is CC(=O)Nc1cccc(NC(=O)CNC(=O)c2ccc3noc(-c4ccccc4)c3c2)c1. The van der Waals surface area contributed by atoms with Crippen LogP contribution in [0.5, 0.6) is 0 Å². The molecule has 0 bridgehead atoms. The van der Waals surface area contributed by atoms with Gasteiger partial charge in [0.05, 0.1) is 11.9 Å². The van der Waals surface area contributed by atoms with E-state index in [9.17, 15) is 14.4 Å². The quantitative estimate of drug-likeness (QED) is 0.432. The second-order valence-corrected chi connectivity index (χ2v) is 7.10. The highest BCUT2D eigenvalue weighted by Crippen LogP contribution is 2.29. The Bertz CT molecular complexity index is 1300. The predicted octanol–water partition coefficient (Wildman–Crippen LogP) is 3.82. The molecule has 3 N–H and O–H groups in total. The van der Waals surface area contributed by atoms with E-state index in [0.29, 0.717) is 33.6 Å². The summed E-state index contributed by atoms with van der Waals surface area (Å²) in [5.74, 6) is -0.420. The van der Waals surface area contributed by atoms with Crippen molar-refractivity contribution in [1.29, 1.82) is 0 Å². The van der Waals surface area contributed by atoms with E-state index in [1.165, 1.54) is 6.92 Å². The van der Waals surface area contributed by atoms with Crippen molar-refractivity contribution in [2.24, 2.45) is 0 Å². The third-order valence-corrected chi connectivity index (χ3v) is 4.65. The van der Waals surface area contributed by atoms with Crippen LogP contribution in [0.1, 0.15) is 17.3 Å². The van der Waals surface area contributed by atoms with Gasteiger partial charge in [-0.25, -0.2) is 0 Å². The highest BCUT2D eigenvalue weighted by Gasteiger charge is 2.14. The highest BCUT2D eigenvalue weighted by atomic mass is 16.5. The average Bonchev–Trinajstić information content (AvgIpc) is 3.21. The van der Waals surface area contributed by atoms with Gasteiger partial charge in [-0.15, -0.1) is 0 Å². The fourth-order valence-corrected chi connectivity index (χ4v) is 3.23. The zero-order chi connectivity index (χ0) is 22.5. The second-order valence-electron chi connectivity index (χ2n) is 7.10. The van der Waals surface area contributed by atoms with Gasteiger partial charge in [0, 0.05) is 29.4 Å². The van der Waals surface area contributed by atoms with Gasteiger partial charge in [0.25, 0.3) is 5.91 Å². The number of amides is 3. The molecule has 0 fully saturated rings. The van der Waals surface area contributed by atoms with E-state index in [-0.39, 0.29) is 12.5 Å². The van der Waals surface area contributed by atoms with Crippen molar-refractivity contribution in [3.05, 3.63) is 78.4 Å². The number of benzene rings is 3. The second kappa shape index (κ2) is 9.13. The van der Waals surface area contributed by atoms with Crippen molar-refractivity contribution in [3.8, 4) is 11.3 Å². The molecule has 0 aliphatic heterocycles. The van der Waals surface area contributed by atoms with Crippen LogP contribution in [-0.2, 0) is 9.59 Å². The Balaban J connectivity index is 1.42. The summed E-state index contributed by atoms with van der Waals surface area (Å²) < 4.78 is 5.46. The molecule has 0 unspecified atom stereocenters. The summed E-state index contributed by atoms with van der Waals surface area (Å²) in [5, 5.41) is 12.7. The molecule has 32 heavy (non-hydrogen) atoms. The summed E-state index contributed by atoms with van der Waals surface area (Å²) >= 11 is 0. The van der Waals surface area contributed by atoms with Gasteiger partial charge in [-0.2, -0.15) is 0 Å². The fraction of sp³-hybridized carbons (Fsp3) is 0.0833. The Labute approximate surface area is 183 Å². The molecule has 0 spiro atoms. The number of hydrogen-bond acceptors (Lipinski definition) is 5. The summed E-state index contributed by atoms with van der Waals surface area (Å²) in [6.07, 6.45) is 0. The number of carbonyl (C=O) groups excluding carboxylic acids is 3. The molecule has 3 amide bonds. The van der Waals surface area contributed by atoms with Gasteiger partial charge in [-0.05, 0) is 36.4 Å². The predicted molar refractivity (Wildman–Crippen MR) is 121 cm³/mol. The van der Waals surface area contributed by atoms with Gasteiger partial charge in [0.1, 0.15) is 5.52 Å². The summed E-state index contributed by atoms with van der Waals surface area (Å²) in [6, 6.07) is 21.3. The normalized spacial score (nSPS) is 10.5. The van der Waals surface area contributed by atoms with Crippen LogP contribution in [0, 0.1) is 0 Å². The van der Waals surface area contributed by atoms with Crippen LogP contribution in [0.3, 0.4) is 0 Å². The minimum absolute atomic E-state index is 0.207. The van der Waals surface area contributed by atoms with Crippen molar-refractivity contribution in [2.45, 2.75) is 6.92 Å². The monoisotopic (exact) mass is 428 g/mol. The van der Waals surface area contributed by atoms with Gasteiger partial charge in [0.2, 0.25) is 11.8 Å². The van der Waals surface area contributed by atoms with Crippen molar-refractivity contribution < 1.29 is 18.9 Å². The molecule has 1 heterocycles. The Morgan fingerprint density at radius 1 is 0.875 bits per heavy atom. The van der Waals surface area contributed by atoms with Crippen molar-refractivity contribution >= 4 is 40.0 Å². The fourth-order valence-electron chi connectivity index (χ4n) is 3.23. The van der Waals surface area contributed by atoms with Crippen molar-refractivity contribution in [2.75, 3.05) is 17.2 Å². The van der Waals surface area contributed by atoms with E-state index in [1.807, 2.05) is 30.3 Å². The Morgan fingerprint density at radius 2 is 1.62 bits per heavy atom. The molecule has 0 aliphatic rings. The Kier molecular flexibility index (Phi) is 5.94. The largest absolute Gasteiger partial charge is 0.355 e. The Hall–Kier alpha value is -4.46. The van der Waals surface area contributed by atoms with Crippen LogP contribution < -0.4 is 16.0 Å². The lowest BCUT2D eigenvalue weighted by Gasteiger charge is -2.09. The number of nitrogens with one attached hydrogen (secondary N) is 3. The molecule has 1 aromatic heterocycles. The molecule has 0 atom stereocenters. The maximum Gasteiger partial charge on any atom is 0.251 e. The zero-order valence-corrected chi connectivity index (χ0v) is 17.2. The van der Waals surface area contributed by atoms with E-state index in [2.05, 4.69) is 21.1 Å². The zero-order valence-electron chi connectivity index (χ0n) is 17.2. The first kappa shape index (κ1) is 20.8. The maximum absolute atomic E-state index is 12.6. The van der Waals surface area contributed by atoms with E-state index in [4.69, 9.17) is 4.52 Å². The lowest BCUT2D eigenvalue weighted by Crippen LogP contribution is -2.32. The van der Waals surface area contributed by atoms with Crippen LogP contribution in [0.25, 0.3) is 22.2 Å². The molecular formula is C24H20N4O4. The van der Waals surface area contributed by atoms with Crippen molar-refractivity contribution in [3.63, 3.8) is 0 Å². The van der Waals surface area contributed by atoms with Crippen LogP contribution in [0.4, 0.5) is 11.4 Å². The van der Waals surface area contributed by atoms with Crippen LogP contribution in [0.2, 0.25) is 0 Å². The molecule has 0 radical (unpaired) electrons. The molecule has 160 valence electrons. The van der Waals surface area contributed by atoms with Crippen molar-refractivity contribution in [1.82, 2.24) is 10.5 Å². The Morgan fingerprint density at radius 3 is 2.38 bits per heavy atom. The topological polar surface area (TPSA) is 113 Å². The van der Waals surface area contributed by atoms with Gasteiger partial charge in [-0.1, -0.05) is 41.6 Å². The van der Waals surface area contributed by atoms with Gasteiger partial charge in [0.15, 0.2) is 5.76 Å². The van der Waals surface area contributed by atoms with Gasteiger partial charge < -0.3 is 20.5 Å². The summed E-state index contributed by atoms with van der Waals surface area (Å²) in [5.41, 5.74) is 2.95. The molecule has 0 aliphatic carbocycles. The number of hydrogen-bond donors (Lipinski definition) is 3. The van der Waals surface area contributed by atoms with Crippen LogP contribution in [0.15, 0.2) is 77.3 Å². The first-order valence-electron chi connectivity index (χ1n) is 9.90. The molecule has 8 nitrogen and oxygen atoms in total. The minimum Gasteiger partial charge on any atom is -0.355 e. The smallest absolute Gasteiger partial charge is 0.251 e. The lowest BCUT2D eigenvalue weighted by atomic mass is 10.1. The average molecular weight is 428 g/mol. The lowest BCUT2D eigenvalue weighted by molar-refractivity contribution is -0.115. The van der Waals surface area contributed by atoms with Gasteiger partial charge >= 0.3 is 0 Å². The van der Waals surface area contributed by atoms with E-state index >= 15 is 0 Å². The molecular weight excluding hydrogens is 408 g/mol. The molecule has 4 rings (SSSR count). The highest BCUT2D eigenvalue weighted by molar-refractivity contribution is 6.03.